The fourth-order valence-electron chi connectivity index (χ4n) is 2.96. The first-order chi connectivity index (χ1) is 13.2. The lowest BCUT2D eigenvalue weighted by Crippen LogP contribution is -2.47. The monoisotopic (exact) mass is 391 g/mol. The molecular formula is C20H20F3N3O2. The van der Waals surface area contributed by atoms with E-state index in [4.69, 9.17) is 0 Å². The zero-order valence-electron chi connectivity index (χ0n) is 15.3. The Morgan fingerprint density at radius 2 is 1.57 bits per heavy atom. The third kappa shape index (κ3) is 4.69. The van der Waals surface area contributed by atoms with Gasteiger partial charge in [0.05, 0.1) is 5.56 Å². The van der Waals surface area contributed by atoms with Crippen LogP contribution in [0.15, 0.2) is 48.5 Å². The number of carbonyl (C=O) groups excluding carboxylic acids is 2. The number of alkyl halides is 3. The number of benzene rings is 2. The summed E-state index contributed by atoms with van der Waals surface area (Å²) in [5.74, 6) is -0.742. The van der Waals surface area contributed by atoms with Gasteiger partial charge in [-0.15, -0.1) is 0 Å². The Labute approximate surface area is 160 Å². The lowest BCUT2D eigenvalue weighted by Gasteiger charge is -2.32. The number of hydrogen-bond acceptors (Lipinski definition) is 3. The largest absolute Gasteiger partial charge is 0.416 e. The number of rotatable bonds is 3. The van der Waals surface area contributed by atoms with E-state index < -0.39 is 17.6 Å². The molecule has 2 amide bonds. The van der Waals surface area contributed by atoms with Crippen molar-refractivity contribution in [3.05, 3.63) is 65.2 Å². The summed E-state index contributed by atoms with van der Waals surface area (Å²) in [7, 11) is 1.99. The first-order valence-electron chi connectivity index (χ1n) is 8.80. The highest BCUT2D eigenvalue weighted by molar-refractivity contribution is 6.06. The number of carbonyl (C=O) groups is 2. The number of amides is 2. The van der Waals surface area contributed by atoms with Crippen LogP contribution in [0.4, 0.5) is 18.9 Å². The highest BCUT2D eigenvalue weighted by Crippen LogP contribution is 2.30. The van der Waals surface area contributed by atoms with Gasteiger partial charge in [0.1, 0.15) is 0 Å². The summed E-state index contributed by atoms with van der Waals surface area (Å²) >= 11 is 0. The number of likely N-dealkylation sites (N-methyl/N-ethyl adjacent to an activating group) is 1. The lowest BCUT2D eigenvalue weighted by atomic mass is 10.1. The molecule has 2 aromatic rings. The summed E-state index contributed by atoms with van der Waals surface area (Å²) in [4.78, 5) is 28.9. The van der Waals surface area contributed by atoms with Crippen LogP contribution in [0.1, 0.15) is 26.3 Å². The Hall–Kier alpha value is -2.87. The summed E-state index contributed by atoms with van der Waals surface area (Å²) < 4.78 is 38.4. The molecule has 0 spiro atoms. The van der Waals surface area contributed by atoms with Crippen molar-refractivity contribution in [2.75, 3.05) is 38.5 Å². The molecule has 0 aromatic heterocycles. The van der Waals surface area contributed by atoms with Crippen molar-refractivity contribution in [1.29, 1.82) is 0 Å². The smallest absolute Gasteiger partial charge is 0.336 e. The predicted octanol–water partition coefficient (Wildman–Crippen LogP) is 3.35. The highest BCUT2D eigenvalue weighted by Gasteiger charge is 2.30. The summed E-state index contributed by atoms with van der Waals surface area (Å²) in [6.45, 7) is 2.77. The molecule has 0 saturated carbocycles. The van der Waals surface area contributed by atoms with Crippen LogP contribution in [0.5, 0.6) is 0 Å². The van der Waals surface area contributed by atoms with Crippen LogP contribution < -0.4 is 5.32 Å². The van der Waals surface area contributed by atoms with Crippen molar-refractivity contribution < 1.29 is 22.8 Å². The average molecular weight is 391 g/mol. The molecule has 1 N–H and O–H groups in total. The van der Waals surface area contributed by atoms with Crippen LogP contribution in [-0.4, -0.2) is 54.8 Å². The summed E-state index contributed by atoms with van der Waals surface area (Å²) in [6, 6.07) is 10.6. The topological polar surface area (TPSA) is 52.7 Å². The van der Waals surface area contributed by atoms with Crippen LogP contribution in [0.2, 0.25) is 0 Å². The van der Waals surface area contributed by atoms with Crippen molar-refractivity contribution in [2.45, 2.75) is 6.18 Å². The third-order valence-corrected chi connectivity index (χ3v) is 4.61. The molecule has 5 nitrogen and oxygen atoms in total. The van der Waals surface area contributed by atoms with E-state index in [1.54, 1.807) is 17.0 Å². The molecule has 2 aromatic carbocycles. The Morgan fingerprint density at radius 3 is 2.25 bits per heavy atom. The van der Waals surface area contributed by atoms with E-state index in [1.165, 1.54) is 24.3 Å². The molecule has 148 valence electrons. The third-order valence-electron chi connectivity index (χ3n) is 4.61. The summed E-state index contributed by atoms with van der Waals surface area (Å²) in [5, 5.41) is 2.45. The Morgan fingerprint density at radius 1 is 0.929 bits per heavy atom. The minimum atomic E-state index is -4.49. The second kappa shape index (κ2) is 8.02. The maximum atomic E-state index is 12.8. The van der Waals surface area contributed by atoms with Crippen molar-refractivity contribution in [1.82, 2.24) is 9.80 Å². The van der Waals surface area contributed by atoms with Crippen LogP contribution >= 0.6 is 0 Å². The lowest BCUT2D eigenvalue weighted by molar-refractivity contribution is -0.137. The molecular weight excluding hydrogens is 371 g/mol. The molecule has 1 fully saturated rings. The van der Waals surface area contributed by atoms with Gasteiger partial charge in [0, 0.05) is 43.0 Å². The first kappa shape index (κ1) is 19.9. The van der Waals surface area contributed by atoms with E-state index in [1.807, 2.05) is 7.05 Å². The maximum Gasteiger partial charge on any atom is 0.416 e. The normalized spacial score (nSPS) is 15.4. The molecule has 0 aliphatic carbocycles. The van der Waals surface area contributed by atoms with E-state index in [9.17, 15) is 22.8 Å². The van der Waals surface area contributed by atoms with Crippen molar-refractivity contribution in [2.24, 2.45) is 0 Å². The molecule has 0 radical (unpaired) electrons. The summed E-state index contributed by atoms with van der Waals surface area (Å²) in [6.07, 6.45) is -4.49. The van der Waals surface area contributed by atoms with Gasteiger partial charge in [-0.2, -0.15) is 13.2 Å². The molecule has 1 saturated heterocycles. The molecule has 0 atom stereocenters. The van der Waals surface area contributed by atoms with Gasteiger partial charge in [0.2, 0.25) is 0 Å². The van der Waals surface area contributed by atoms with E-state index >= 15 is 0 Å². The standard InChI is InChI=1S/C20H20F3N3O2/c1-25-8-10-26(11-9-25)19(28)15-5-2-4-14(12-15)18(27)24-17-7-3-6-16(13-17)20(21,22)23/h2-7,12-13H,8-11H2,1H3,(H,24,27). The Balaban J connectivity index is 1.73. The fourth-order valence-corrected chi connectivity index (χ4v) is 2.96. The summed E-state index contributed by atoms with van der Waals surface area (Å²) in [5.41, 5.74) is -0.224. The second-order valence-corrected chi connectivity index (χ2v) is 6.71. The molecule has 3 rings (SSSR count). The van der Waals surface area contributed by atoms with Crippen molar-refractivity contribution in [3.63, 3.8) is 0 Å². The van der Waals surface area contributed by atoms with Gasteiger partial charge in [-0.25, -0.2) is 0 Å². The zero-order valence-corrected chi connectivity index (χ0v) is 15.3. The minimum absolute atomic E-state index is 0.0376. The number of halogens is 3. The van der Waals surface area contributed by atoms with Gasteiger partial charge in [-0.1, -0.05) is 12.1 Å². The molecule has 0 bridgehead atoms. The minimum Gasteiger partial charge on any atom is -0.336 e. The predicted molar refractivity (Wildman–Crippen MR) is 99.2 cm³/mol. The fraction of sp³-hybridized carbons (Fsp3) is 0.300. The molecule has 1 aliphatic rings. The molecule has 8 heteroatoms. The molecule has 0 unspecified atom stereocenters. The first-order valence-corrected chi connectivity index (χ1v) is 8.80. The van der Waals surface area contributed by atoms with Crippen LogP contribution in [0, 0.1) is 0 Å². The quantitative estimate of drug-likeness (QED) is 0.873. The SMILES string of the molecule is CN1CCN(C(=O)c2cccc(C(=O)Nc3cccc(C(F)(F)F)c3)c2)CC1. The number of piperazine rings is 1. The van der Waals surface area contributed by atoms with Gasteiger partial charge < -0.3 is 15.1 Å². The van der Waals surface area contributed by atoms with Gasteiger partial charge in [0.25, 0.3) is 11.8 Å². The van der Waals surface area contributed by atoms with E-state index in [2.05, 4.69) is 10.2 Å². The van der Waals surface area contributed by atoms with Gasteiger partial charge in [-0.3, -0.25) is 9.59 Å². The van der Waals surface area contributed by atoms with E-state index in [-0.39, 0.29) is 17.2 Å². The number of nitrogens with zero attached hydrogens (tertiary/aromatic N) is 2. The van der Waals surface area contributed by atoms with E-state index in [0.29, 0.717) is 18.7 Å². The molecule has 1 heterocycles. The van der Waals surface area contributed by atoms with Gasteiger partial charge >= 0.3 is 6.18 Å². The Kier molecular flexibility index (Phi) is 5.69. The van der Waals surface area contributed by atoms with Crippen molar-refractivity contribution in [3.8, 4) is 0 Å². The van der Waals surface area contributed by atoms with Crippen molar-refractivity contribution >= 4 is 17.5 Å². The molecule has 28 heavy (non-hydrogen) atoms. The van der Waals surface area contributed by atoms with Gasteiger partial charge in [0.15, 0.2) is 0 Å². The maximum absolute atomic E-state index is 12.8. The number of hydrogen-bond donors (Lipinski definition) is 1. The molecule has 1 aliphatic heterocycles. The van der Waals surface area contributed by atoms with Crippen LogP contribution in [-0.2, 0) is 6.18 Å². The average Bonchev–Trinajstić information content (AvgIpc) is 2.67. The number of nitrogens with one attached hydrogen (secondary N) is 1. The van der Waals surface area contributed by atoms with Crippen LogP contribution in [0.25, 0.3) is 0 Å². The zero-order chi connectivity index (χ0) is 20.3. The van der Waals surface area contributed by atoms with E-state index in [0.717, 1.165) is 25.2 Å². The van der Waals surface area contributed by atoms with Crippen LogP contribution in [0.3, 0.4) is 0 Å². The Bertz CT molecular complexity index is 875. The second-order valence-electron chi connectivity index (χ2n) is 6.71. The van der Waals surface area contributed by atoms with Gasteiger partial charge in [-0.05, 0) is 43.4 Å². The highest BCUT2D eigenvalue weighted by atomic mass is 19.4. The number of anilines is 1.